The molecule has 0 saturated heterocycles. The lowest BCUT2D eigenvalue weighted by Crippen LogP contribution is -2.46. The van der Waals surface area contributed by atoms with Gasteiger partial charge in [-0.3, -0.25) is 9.59 Å². The van der Waals surface area contributed by atoms with E-state index in [-0.39, 0.29) is 11.1 Å². The van der Waals surface area contributed by atoms with Gasteiger partial charge >= 0.3 is 5.97 Å². The Morgan fingerprint density at radius 1 is 1.04 bits per heavy atom. The van der Waals surface area contributed by atoms with Gasteiger partial charge in [-0.05, 0) is 48.7 Å². The molecule has 0 saturated carbocycles. The van der Waals surface area contributed by atoms with Crippen LogP contribution in [0.2, 0.25) is 0 Å². The summed E-state index contributed by atoms with van der Waals surface area (Å²) in [5.74, 6) is -1.64. The number of hydrogen-bond donors (Lipinski definition) is 2. The molecular weight excluding hydrogens is 332 g/mol. The summed E-state index contributed by atoms with van der Waals surface area (Å²) in [6.45, 7) is 3.89. The van der Waals surface area contributed by atoms with Gasteiger partial charge in [0, 0.05) is 12.0 Å². The van der Waals surface area contributed by atoms with Crippen molar-refractivity contribution in [3.8, 4) is 0 Å². The van der Waals surface area contributed by atoms with E-state index in [2.05, 4.69) is 10.1 Å². The van der Waals surface area contributed by atoms with Gasteiger partial charge in [0.15, 0.2) is 0 Å². The molecular formula is C20H22N2O4. The van der Waals surface area contributed by atoms with E-state index >= 15 is 0 Å². The van der Waals surface area contributed by atoms with E-state index in [9.17, 15) is 14.4 Å². The van der Waals surface area contributed by atoms with Gasteiger partial charge in [0.2, 0.25) is 5.91 Å². The van der Waals surface area contributed by atoms with E-state index < -0.39 is 23.8 Å². The SMILES string of the molecule is COC(=O)c1cccc(C(=O)N[C@@H](Cc2c(C)cccc2C)C(N)=O)c1. The van der Waals surface area contributed by atoms with Crippen LogP contribution in [0.5, 0.6) is 0 Å². The molecule has 0 aliphatic heterocycles. The van der Waals surface area contributed by atoms with Crippen molar-refractivity contribution in [3.05, 3.63) is 70.3 Å². The second kappa shape index (κ2) is 8.29. The first-order valence-corrected chi connectivity index (χ1v) is 8.17. The fourth-order valence-corrected chi connectivity index (χ4v) is 2.74. The van der Waals surface area contributed by atoms with Crippen molar-refractivity contribution in [1.82, 2.24) is 5.32 Å². The number of benzene rings is 2. The fourth-order valence-electron chi connectivity index (χ4n) is 2.74. The Morgan fingerprint density at radius 3 is 2.19 bits per heavy atom. The van der Waals surface area contributed by atoms with Gasteiger partial charge in [0.1, 0.15) is 6.04 Å². The zero-order valence-corrected chi connectivity index (χ0v) is 15.0. The number of esters is 1. The van der Waals surface area contributed by atoms with Crippen LogP contribution in [0, 0.1) is 13.8 Å². The molecule has 6 heteroatoms. The van der Waals surface area contributed by atoms with Crippen molar-refractivity contribution < 1.29 is 19.1 Å². The molecule has 1 atom stereocenters. The second-order valence-corrected chi connectivity index (χ2v) is 6.08. The van der Waals surface area contributed by atoms with E-state index in [4.69, 9.17) is 5.73 Å². The van der Waals surface area contributed by atoms with Crippen molar-refractivity contribution in [1.29, 1.82) is 0 Å². The number of nitrogens with one attached hydrogen (secondary N) is 1. The molecule has 136 valence electrons. The number of rotatable bonds is 6. The summed E-state index contributed by atoms with van der Waals surface area (Å²) in [6.07, 6.45) is 0.302. The summed E-state index contributed by atoms with van der Waals surface area (Å²) in [7, 11) is 1.27. The van der Waals surface area contributed by atoms with Crippen LogP contribution in [0.4, 0.5) is 0 Å². The Bertz CT molecular complexity index is 825. The summed E-state index contributed by atoms with van der Waals surface area (Å²) < 4.78 is 4.65. The molecule has 26 heavy (non-hydrogen) atoms. The lowest BCUT2D eigenvalue weighted by Gasteiger charge is -2.18. The van der Waals surface area contributed by atoms with Crippen molar-refractivity contribution in [2.45, 2.75) is 26.3 Å². The number of hydrogen-bond acceptors (Lipinski definition) is 4. The van der Waals surface area contributed by atoms with Crippen molar-refractivity contribution in [2.24, 2.45) is 5.73 Å². The topological polar surface area (TPSA) is 98.5 Å². The van der Waals surface area contributed by atoms with Gasteiger partial charge < -0.3 is 15.8 Å². The molecule has 0 radical (unpaired) electrons. The van der Waals surface area contributed by atoms with Crippen LogP contribution < -0.4 is 11.1 Å². The summed E-state index contributed by atoms with van der Waals surface area (Å²) in [4.78, 5) is 36.0. The molecule has 0 spiro atoms. The second-order valence-electron chi connectivity index (χ2n) is 6.08. The summed E-state index contributed by atoms with van der Waals surface area (Å²) >= 11 is 0. The quantitative estimate of drug-likeness (QED) is 0.774. The first kappa shape index (κ1) is 19.2. The predicted octanol–water partition coefficient (Wildman–Crippen LogP) is 1.92. The number of carbonyl (C=O) groups is 3. The zero-order chi connectivity index (χ0) is 19.3. The lowest BCUT2D eigenvalue weighted by molar-refractivity contribution is -0.119. The van der Waals surface area contributed by atoms with Crippen molar-refractivity contribution in [2.75, 3.05) is 7.11 Å². The monoisotopic (exact) mass is 354 g/mol. The van der Waals surface area contributed by atoms with Crippen LogP contribution in [-0.2, 0) is 16.0 Å². The Balaban J connectivity index is 2.21. The first-order valence-electron chi connectivity index (χ1n) is 8.17. The molecule has 0 fully saturated rings. The third-order valence-corrected chi connectivity index (χ3v) is 4.25. The van der Waals surface area contributed by atoms with Crippen LogP contribution in [0.25, 0.3) is 0 Å². The number of methoxy groups -OCH3 is 1. The highest BCUT2D eigenvalue weighted by atomic mass is 16.5. The zero-order valence-electron chi connectivity index (χ0n) is 15.0. The van der Waals surface area contributed by atoms with Crippen LogP contribution in [-0.4, -0.2) is 30.9 Å². The molecule has 0 aliphatic carbocycles. The standard InChI is InChI=1S/C20H22N2O4/c1-12-6-4-7-13(2)16(12)11-17(18(21)23)22-19(24)14-8-5-9-15(10-14)20(25)26-3/h4-10,17H,11H2,1-3H3,(H2,21,23)(H,22,24)/t17-/m0/s1. The minimum absolute atomic E-state index is 0.251. The maximum absolute atomic E-state index is 12.5. The maximum atomic E-state index is 12.5. The van der Waals surface area contributed by atoms with Gasteiger partial charge in [-0.15, -0.1) is 0 Å². The van der Waals surface area contributed by atoms with Crippen LogP contribution in [0.15, 0.2) is 42.5 Å². The van der Waals surface area contributed by atoms with Crippen LogP contribution in [0.3, 0.4) is 0 Å². The number of ether oxygens (including phenoxy) is 1. The molecule has 6 nitrogen and oxygen atoms in total. The minimum atomic E-state index is -0.857. The van der Waals surface area contributed by atoms with E-state index in [1.54, 1.807) is 18.2 Å². The Kier molecular flexibility index (Phi) is 6.11. The predicted molar refractivity (Wildman–Crippen MR) is 97.9 cm³/mol. The Hall–Kier alpha value is -3.15. The molecule has 3 N–H and O–H groups in total. The molecule has 2 aromatic rings. The molecule has 2 rings (SSSR count). The van der Waals surface area contributed by atoms with Gasteiger partial charge in [-0.25, -0.2) is 4.79 Å². The summed E-state index contributed by atoms with van der Waals surface area (Å²) in [6, 6.07) is 11.1. The van der Waals surface area contributed by atoms with E-state index in [1.807, 2.05) is 32.0 Å². The van der Waals surface area contributed by atoms with Gasteiger partial charge in [0.05, 0.1) is 12.7 Å². The van der Waals surface area contributed by atoms with Crippen molar-refractivity contribution >= 4 is 17.8 Å². The van der Waals surface area contributed by atoms with Crippen molar-refractivity contribution in [3.63, 3.8) is 0 Å². The van der Waals surface area contributed by atoms with Crippen LogP contribution in [0.1, 0.15) is 37.4 Å². The fraction of sp³-hybridized carbons (Fsp3) is 0.250. The average Bonchev–Trinajstić information content (AvgIpc) is 2.62. The Morgan fingerprint density at radius 2 is 1.62 bits per heavy atom. The highest BCUT2D eigenvalue weighted by molar-refractivity contribution is 5.99. The number of nitrogens with two attached hydrogens (primary N) is 1. The smallest absolute Gasteiger partial charge is 0.337 e. The highest BCUT2D eigenvalue weighted by Gasteiger charge is 2.21. The molecule has 0 heterocycles. The van der Waals surface area contributed by atoms with Gasteiger partial charge in [-0.1, -0.05) is 24.3 Å². The highest BCUT2D eigenvalue weighted by Crippen LogP contribution is 2.16. The molecule has 0 aromatic heterocycles. The van der Waals surface area contributed by atoms with E-state index in [0.717, 1.165) is 16.7 Å². The molecule has 0 unspecified atom stereocenters. The largest absolute Gasteiger partial charge is 0.465 e. The summed E-state index contributed by atoms with van der Waals surface area (Å²) in [5.41, 5.74) is 9.01. The van der Waals surface area contributed by atoms with Crippen LogP contribution >= 0.6 is 0 Å². The minimum Gasteiger partial charge on any atom is -0.465 e. The number of primary amides is 1. The van der Waals surface area contributed by atoms with Gasteiger partial charge in [0.25, 0.3) is 5.91 Å². The molecule has 2 amide bonds. The molecule has 2 aromatic carbocycles. The number of aryl methyl sites for hydroxylation is 2. The third kappa shape index (κ3) is 4.47. The average molecular weight is 354 g/mol. The molecule has 0 bridgehead atoms. The first-order chi connectivity index (χ1) is 12.3. The van der Waals surface area contributed by atoms with E-state index in [1.165, 1.54) is 13.2 Å². The lowest BCUT2D eigenvalue weighted by atomic mass is 9.96. The maximum Gasteiger partial charge on any atom is 0.337 e. The number of amides is 2. The third-order valence-electron chi connectivity index (χ3n) is 4.25. The number of carbonyl (C=O) groups excluding carboxylic acids is 3. The van der Waals surface area contributed by atoms with E-state index in [0.29, 0.717) is 6.42 Å². The normalized spacial score (nSPS) is 11.5. The molecule has 0 aliphatic rings. The summed E-state index contributed by atoms with van der Waals surface area (Å²) in [5, 5.41) is 2.65. The Labute approximate surface area is 152 Å². The van der Waals surface area contributed by atoms with Gasteiger partial charge in [-0.2, -0.15) is 0 Å².